The van der Waals surface area contributed by atoms with Crippen LogP contribution in [0.15, 0.2) is 24.4 Å². The predicted octanol–water partition coefficient (Wildman–Crippen LogP) is 2.45. The molecule has 0 aromatic carbocycles. The molecule has 0 fully saturated rings. The van der Waals surface area contributed by atoms with Gasteiger partial charge in [-0.3, -0.25) is 0 Å². The Balaban J connectivity index is 2.29. The molecular weight excluding hydrogens is 277 g/mol. The highest BCUT2D eigenvalue weighted by Crippen LogP contribution is 2.25. The van der Waals surface area contributed by atoms with E-state index >= 15 is 0 Å². The van der Waals surface area contributed by atoms with Gasteiger partial charge in [0.2, 0.25) is 5.88 Å². The van der Waals surface area contributed by atoms with Gasteiger partial charge in [-0.15, -0.1) is 5.10 Å². The molecule has 8 heteroatoms. The minimum Gasteiger partial charge on any atom is -0.476 e. The molecule has 0 bridgehead atoms. The SMILES string of the molecule is COC(=O)c1c(OCCC(F)(F)F)nn2ccccc12. The Labute approximate surface area is 111 Å². The van der Waals surface area contributed by atoms with Gasteiger partial charge in [0.05, 0.1) is 25.7 Å². The summed E-state index contributed by atoms with van der Waals surface area (Å²) >= 11 is 0. The molecule has 0 atom stereocenters. The van der Waals surface area contributed by atoms with Crippen LogP contribution in [0.25, 0.3) is 5.52 Å². The van der Waals surface area contributed by atoms with Crippen LogP contribution in [-0.4, -0.2) is 35.5 Å². The maximum absolute atomic E-state index is 12.1. The molecule has 0 aliphatic heterocycles. The van der Waals surface area contributed by atoms with Crippen LogP contribution in [0.2, 0.25) is 0 Å². The second-order valence-corrected chi connectivity index (χ2v) is 3.92. The molecule has 108 valence electrons. The minimum absolute atomic E-state index is 0.00951. The topological polar surface area (TPSA) is 52.8 Å². The molecule has 0 aliphatic carbocycles. The van der Waals surface area contributed by atoms with Crippen molar-refractivity contribution in [1.29, 1.82) is 0 Å². The predicted molar refractivity (Wildman–Crippen MR) is 62.7 cm³/mol. The summed E-state index contributed by atoms with van der Waals surface area (Å²) < 4.78 is 47.2. The molecule has 2 rings (SSSR count). The van der Waals surface area contributed by atoms with Gasteiger partial charge in [-0.05, 0) is 12.1 Å². The molecule has 0 N–H and O–H groups in total. The number of hydrogen-bond donors (Lipinski definition) is 0. The van der Waals surface area contributed by atoms with Gasteiger partial charge in [0.1, 0.15) is 5.56 Å². The van der Waals surface area contributed by atoms with Crippen molar-refractivity contribution in [1.82, 2.24) is 9.61 Å². The molecular formula is C12H11F3N2O3. The van der Waals surface area contributed by atoms with E-state index in [1.807, 2.05) is 0 Å². The molecule has 0 aliphatic rings. The quantitative estimate of drug-likeness (QED) is 0.811. The van der Waals surface area contributed by atoms with Gasteiger partial charge in [-0.25, -0.2) is 9.31 Å². The van der Waals surface area contributed by atoms with E-state index in [2.05, 4.69) is 9.84 Å². The maximum atomic E-state index is 12.1. The number of ether oxygens (including phenoxy) is 2. The third-order valence-corrected chi connectivity index (χ3v) is 2.52. The normalized spacial score (nSPS) is 11.6. The van der Waals surface area contributed by atoms with Crippen molar-refractivity contribution in [3.05, 3.63) is 30.0 Å². The molecule has 0 saturated heterocycles. The van der Waals surface area contributed by atoms with Crippen LogP contribution in [-0.2, 0) is 4.74 Å². The average Bonchev–Trinajstić information content (AvgIpc) is 2.74. The summed E-state index contributed by atoms with van der Waals surface area (Å²) in [6.45, 7) is -0.614. The maximum Gasteiger partial charge on any atom is 0.392 e. The first-order valence-corrected chi connectivity index (χ1v) is 5.67. The highest BCUT2D eigenvalue weighted by molar-refractivity contribution is 5.99. The third-order valence-electron chi connectivity index (χ3n) is 2.52. The van der Waals surface area contributed by atoms with E-state index in [0.717, 1.165) is 0 Å². The first-order chi connectivity index (χ1) is 9.42. The Morgan fingerprint density at radius 1 is 1.40 bits per heavy atom. The Hall–Kier alpha value is -2.25. The standard InChI is InChI=1S/C12H11F3N2O3/c1-19-11(18)9-8-4-2-3-6-17(8)16-10(9)20-7-5-12(13,14)15/h2-4,6H,5,7H2,1H3. The van der Waals surface area contributed by atoms with E-state index in [1.54, 1.807) is 24.4 Å². The lowest BCUT2D eigenvalue weighted by Gasteiger charge is -2.07. The number of nitrogens with zero attached hydrogens (tertiary/aromatic N) is 2. The lowest BCUT2D eigenvalue weighted by Crippen LogP contribution is -2.14. The summed E-state index contributed by atoms with van der Waals surface area (Å²) in [4.78, 5) is 11.7. The van der Waals surface area contributed by atoms with E-state index in [1.165, 1.54) is 11.6 Å². The van der Waals surface area contributed by atoms with Gasteiger partial charge in [0, 0.05) is 6.20 Å². The Bertz CT molecular complexity index is 622. The van der Waals surface area contributed by atoms with E-state index in [0.29, 0.717) is 5.52 Å². The summed E-state index contributed by atoms with van der Waals surface area (Å²) in [7, 11) is 1.17. The first-order valence-electron chi connectivity index (χ1n) is 5.67. The first kappa shape index (κ1) is 14.2. The molecule has 0 saturated carbocycles. The lowest BCUT2D eigenvalue weighted by molar-refractivity contribution is -0.139. The van der Waals surface area contributed by atoms with Crippen molar-refractivity contribution in [3.8, 4) is 5.88 Å². The van der Waals surface area contributed by atoms with Gasteiger partial charge in [0.25, 0.3) is 0 Å². The number of aromatic nitrogens is 2. The van der Waals surface area contributed by atoms with Crippen LogP contribution in [0.5, 0.6) is 5.88 Å². The van der Waals surface area contributed by atoms with E-state index in [-0.39, 0.29) is 11.4 Å². The number of alkyl halides is 3. The highest BCUT2D eigenvalue weighted by Gasteiger charge is 2.28. The largest absolute Gasteiger partial charge is 0.476 e. The molecule has 2 aromatic rings. The van der Waals surface area contributed by atoms with E-state index < -0.39 is 25.2 Å². The van der Waals surface area contributed by atoms with Crippen LogP contribution in [0, 0.1) is 0 Å². The number of pyridine rings is 1. The van der Waals surface area contributed by atoms with Crippen molar-refractivity contribution in [2.45, 2.75) is 12.6 Å². The fraction of sp³-hybridized carbons (Fsp3) is 0.333. The van der Waals surface area contributed by atoms with Gasteiger partial charge >= 0.3 is 12.1 Å². The number of hydrogen-bond acceptors (Lipinski definition) is 4. The number of fused-ring (bicyclic) bond motifs is 1. The van der Waals surface area contributed by atoms with Gasteiger partial charge in [-0.2, -0.15) is 13.2 Å². The van der Waals surface area contributed by atoms with Gasteiger partial charge < -0.3 is 9.47 Å². The monoisotopic (exact) mass is 288 g/mol. The summed E-state index contributed by atoms with van der Waals surface area (Å²) in [6.07, 6.45) is -3.90. The number of methoxy groups -OCH3 is 1. The molecule has 0 spiro atoms. The zero-order valence-electron chi connectivity index (χ0n) is 10.5. The lowest BCUT2D eigenvalue weighted by atomic mass is 10.2. The number of rotatable bonds is 4. The van der Waals surface area contributed by atoms with Crippen LogP contribution < -0.4 is 4.74 Å². The zero-order valence-corrected chi connectivity index (χ0v) is 10.5. The van der Waals surface area contributed by atoms with Crippen molar-refractivity contribution < 1.29 is 27.4 Å². The smallest absolute Gasteiger partial charge is 0.392 e. The van der Waals surface area contributed by atoms with Crippen molar-refractivity contribution >= 4 is 11.5 Å². The fourth-order valence-corrected chi connectivity index (χ4v) is 1.64. The molecule has 2 aromatic heterocycles. The minimum atomic E-state index is -4.33. The van der Waals surface area contributed by atoms with Crippen LogP contribution in [0.4, 0.5) is 13.2 Å². The Kier molecular flexibility index (Phi) is 3.82. The van der Waals surface area contributed by atoms with Crippen LogP contribution in [0.3, 0.4) is 0 Å². The zero-order chi connectivity index (χ0) is 14.8. The second-order valence-electron chi connectivity index (χ2n) is 3.92. The summed E-state index contributed by atoms with van der Waals surface area (Å²) in [6, 6.07) is 4.93. The number of carbonyl (C=O) groups is 1. The Morgan fingerprint density at radius 2 is 2.15 bits per heavy atom. The van der Waals surface area contributed by atoms with Gasteiger partial charge in [0.15, 0.2) is 0 Å². The molecule has 0 amide bonds. The molecule has 0 unspecified atom stereocenters. The highest BCUT2D eigenvalue weighted by atomic mass is 19.4. The molecule has 0 radical (unpaired) electrons. The van der Waals surface area contributed by atoms with Crippen molar-refractivity contribution in [2.75, 3.05) is 13.7 Å². The van der Waals surface area contributed by atoms with Crippen LogP contribution in [0.1, 0.15) is 16.8 Å². The number of halogens is 3. The molecule has 20 heavy (non-hydrogen) atoms. The second kappa shape index (κ2) is 5.40. The third kappa shape index (κ3) is 3.01. The van der Waals surface area contributed by atoms with Crippen molar-refractivity contribution in [3.63, 3.8) is 0 Å². The summed E-state index contributed by atoms with van der Waals surface area (Å²) in [5.74, 6) is -0.888. The summed E-state index contributed by atoms with van der Waals surface area (Å²) in [5, 5.41) is 3.93. The molecule has 5 nitrogen and oxygen atoms in total. The van der Waals surface area contributed by atoms with Gasteiger partial charge in [-0.1, -0.05) is 6.07 Å². The Morgan fingerprint density at radius 3 is 2.80 bits per heavy atom. The van der Waals surface area contributed by atoms with E-state index in [4.69, 9.17) is 4.74 Å². The number of carbonyl (C=O) groups excluding carboxylic acids is 1. The summed E-state index contributed by atoms with van der Waals surface area (Å²) in [5.41, 5.74) is 0.414. The van der Waals surface area contributed by atoms with E-state index in [9.17, 15) is 18.0 Å². The fourth-order valence-electron chi connectivity index (χ4n) is 1.64. The van der Waals surface area contributed by atoms with Crippen molar-refractivity contribution in [2.24, 2.45) is 0 Å². The average molecular weight is 288 g/mol. The van der Waals surface area contributed by atoms with Crippen LogP contribution >= 0.6 is 0 Å². The molecule has 2 heterocycles. The number of esters is 1.